The van der Waals surface area contributed by atoms with Crippen LogP contribution >= 0.6 is 12.2 Å². The summed E-state index contributed by atoms with van der Waals surface area (Å²) in [4.78, 5) is 23.9. The summed E-state index contributed by atoms with van der Waals surface area (Å²) in [5, 5.41) is 0. The van der Waals surface area contributed by atoms with Crippen LogP contribution in [0, 0.1) is 5.82 Å². The van der Waals surface area contributed by atoms with E-state index in [4.69, 9.17) is 18.0 Å². The van der Waals surface area contributed by atoms with Gasteiger partial charge in [-0.05, 0) is 24.6 Å². The molecule has 0 aliphatic heterocycles. The van der Waals surface area contributed by atoms with Gasteiger partial charge in [0.15, 0.2) is 0 Å². The highest BCUT2D eigenvalue weighted by Crippen LogP contribution is 2.11. The van der Waals surface area contributed by atoms with E-state index in [-0.39, 0.29) is 17.1 Å². The maximum atomic E-state index is 13.5. The Balaban J connectivity index is 2.48. The van der Waals surface area contributed by atoms with Crippen molar-refractivity contribution in [1.29, 1.82) is 0 Å². The first kappa shape index (κ1) is 15.1. The van der Waals surface area contributed by atoms with E-state index in [1.165, 1.54) is 35.0 Å². The minimum absolute atomic E-state index is 0.0361. The van der Waals surface area contributed by atoms with Gasteiger partial charge in [0, 0.05) is 24.4 Å². The summed E-state index contributed by atoms with van der Waals surface area (Å²) in [6.07, 6.45) is 1.45. The van der Waals surface area contributed by atoms with E-state index in [1.54, 1.807) is 6.92 Å². The van der Waals surface area contributed by atoms with Gasteiger partial charge in [0.2, 0.25) is 0 Å². The van der Waals surface area contributed by atoms with E-state index in [9.17, 15) is 14.0 Å². The van der Waals surface area contributed by atoms with Gasteiger partial charge >= 0.3 is 5.69 Å². The van der Waals surface area contributed by atoms with Gasteiger partial charge in [0.1, 0.15) is 10.8 Å². The molecule has 2 N–H and O–H groups in total. The number of nitrogens with two attached hydrogens (primary N) is 1. The number of hydrogen-bond donors (Lipinski definition) is 1. The Bertz CT molecular complexity index is 811. The van der Waals surface area contributed by atoms with Gasteiger partial charge in [-0.2, -0.15) is 0 Å². The van der Waals surface area contributed by atoms with Crippen molar-refractivity contribution in [2.75, 3.05) is 0 Å². The summed E-state index contributed by atoms with van der Waals surface area (Å²) in [5.41, 5.74) is 5.29. The molecule has 0 amide bonds. The van der Waals surface area contributed by atoms with Gasteiger partial charge in [-0.25, -0.2) is 9.18 Å². The molecule has 0 bridgehead atoms. The Morgan fingerprint density at radius 1 is 1.33 bits per heavy atom. The number of aryl methyl sites for hydroxylation is 1. The zero-order valence-corrected chi connectivity index (χ0v) is 12.2. The smallest absolute Gasteiger partial charge is 0.331 e. The van der Waals surface area contributed by atoms with E-state index >= 15 is 0 Å². The molecule has 2 aromatic rings. The SMILES string of the molecule is CCn1ccc(=O)n(Cc2ccc(F)c(C(N)=S)c2)c1=O. The summed E-state index contributed by atoms with van der Waals surface area (Å²) >= 11 is 4.77. The number of rotatable bonds is 4. The van der Waals surface area contributed by atoms with E-state index in [2.05, 4.69) is 0 Å². The minimum Gasteiger partial charge on any atom is -0.389 e. The minimum atomic E-state index is -0.530. The van der Waals surface area contributed by atoms with Gasteiger partial charge in [-0.1, -0.05) is 18.3 Å². The molecule has 0 fully saturated rings. The van der Waals surface area contributed by atoms with Crippen LogP contribution in [0.3, 0.4) is 0 Å². The first-order chi connectivity index (χ1) is 9.93. The molecule has 21 heavy (non-hydrogen) atoms. The molecule has 0 radical (unpaired) electrons. The van der Waals surface area contributed by atoms with Crippen molar-refractivity contribution in [3.05, 3.63) is 68.2 Å². The van der Waals surface area contributed by atoms with Crippen molar-refractivity contribution in [3.63, 3.8) is 0 Å². The van der Waals surface area contributed by atoms with Crippen molar-refractivity contribution in [2.45, 2.75) is 20.0 Å². The number of thiocarbonyl (C=S) groups is 1. The number of nitrogens with zero attached hydrogens (tertiary/aromatic N) is 2. The third-order valence-electron chi connectivity index (χ3n) is 3.12. The fourth-order valence-corrected chi connectivity index (χ4v) is 2.14. The zero-order chi connectivity index (χ0) is 15.6. The average molecular weight is 307 g/mol. The second-order valence-electron chi connectivity index (χ2n) is 4.49. The van der Waals surface area contributed by atoms with Gasteiger partial charge in [-0.15, -0.1) is 0 Å². The fourth-order valence-electron chi connectivity index (χ4n) is 1.99. The van der Waals surface area contributed by atoms with Gasteiger partial charge in [-0.3, -0.25) is 9.36 Å². The molecule has 1 heterocycles. The standard InChI is InChI=1S/C14H14FN3O2S/c1-2-17-6-5-12(19)18(14(17)20)8-9-3-4-11(15)10(7-9)13(16)21/h3-7H,2,8H2,1H3,(H2,16,21). The predicted octanol–water partition coefficient (Wildman–Crippen LogP) is 0.852. The molecule has 5 nitrogen and oxygen atoms in total. The van der Waals surface area contributed by atoms with Crippen LogP contribution in [-0.2, 0) is 13.1 Å². The summed E-state index contributed by atoms with van der Waals surface area (Å²) in [7, 11) is 0. The maximum absolute atomic E-state index is 13.5. The fraction of sp³-hybridized carbons (Fsp3) is 0.214. The van der Waals surface area contributed by atoms with E-state index in [0.29, 0.717) is 12.1 Å². The average Bonchev–Trinajstić information content (AvgIpc) is 2.45. The van der Waals surface area contributed by atoms with E-state index in [0.717, 1.165) is 4.57 Å². The van der Waals surface area contributed by atoms with Gasteiger partial charge in [0.05, 0.1) is 6.54 Å². The Morgan fingerprint density at radius 2 is 2.05 bits per heavy atom. The Morgan fingerprint density at radius 3 is 2.67 bits per heavy atom. The zero-order valence-electron chi connectivity index (χ0n) is 11.4. The van der Waals surface area contributed by atoms with Gasteiger partial charge < -0.3 is 10.3 Å². The molecule has 0 atom stereocenters. The van der Waals surface area contributed by atoms with Crippen LogP contribution in [0.25, 0.3) is 0 Å². The van der Waals surface area contributed by atoms with Crippen LogP contribution in [0.2, 0.25) is 0 Å². The molecule has 0 spiro atoms. The largest absolute Gasteiger partial charge is 0.389 e. The number of aromatic nitrogens is 2. The summed E-state index contributed by atoms with van der Waals surface area (Å²) in [5.74, 6) is -0.530. The van der Waals surface area contributed by atoms with Crippen molar-refractivity contribution < 1.29 is 4.39 Å². The molecular weight excluding hydrogens is 293 g/mol. The summed E-state index contributed by atoms with van der Waals surface area (Å²) in [6, 6.07) is 5.48. The van der Waals surface area contributed by atoms with Crippen LogP contribution in [0.5, 0.6) is 0 Å². The lowest BCUT2D eigenvalue weighted by Gasteiger charge is -2.09. The molecule has 2 rings (SSSR count). The highest BCUT2D eigenvalue weighted by molar-refractivity contribution is 7.80. The molecule has 0 saturated heterocycles. The normalized spacial score (nSPS) is 10.6. The third kappa shape index (κ3) is 3.08. The monoisotopic (exact) mass is 307 g/mol. The number of hydrogen-bond acceptors (Lipinski definition) is 3. The molecule has 1 aromatic heterocycles. The second-order valence-corrected chi connectivity index (χ2v) is 4.93. The van der Waals surface area contributed by atoms with E-state index < -0.39 is 17.1 Å². The van der Waals surface area contributed by atoms with Crippen molar-refractivity contribution >= 4 is 17.2 Å². The van der Waals surface area contributed by atoms with E-state index in [1.807, 2.05) is 0 Å². The highest BCUT2D eigenvalue weighted by atomic mass is 32.1. The predicted molar refractivity (Wildman–Crippen MR) is 82.0 cm³/mol. The number of halogens is 1. The van der Waals surface area contributed by atoms with Crippen molar-refractivity contribution in [1.82, 2.24) is 9.13 Å². The quantitative estimate of drug-likeness (QED) is 0.850. The first-order valence-corrected chi connectivity index (χ1v) is 6.73. The third-order valence-corrected chi connectivity index (χ3v) is 3.34. The van der Waals surface area contributed by atoms with Crippen molar-refractivity contribution in [3.8, 4) is 0 Å². The molecular formula is C14H14FN3O2S. The Labute approximate surface area is 125 Å². The Hall–Kier alpha value is -2.28. The molecule has 0 aliphatic rings. The topological polar surface area (TPSA) is 70.0 Å². The first-order valence-electron chi connectivity index (χ1n) is 6.32. The lowest BCUT2D eigenvalue weighted by Crippen LogP contribution is -2.39. The van der Waals surface area contributed by atoms with Crippen LogP contribution in [-0.4, -0.2) is 14.1 Å². The summed E-state index contributed by atoms with van der Waals surface area (Å²) in [6.45, 7) is 2.30. The van der Waals surface area contributed by atoms with Crippen LogP contribution < -0.4 is 17.0 Å². The van der Waals surface area contributed by atoms with Crippen LogP contribution in [0.4, 0.5) is 4.39 Å². The van der Waals surface area contributed by atoms with Crippen LogP contribution in [0.1, 0.15) is 18.1 Å². The highest BCUT2D eigenvalue weighted by Gasteiger charge is 2.09. The van der Waals surface area contributed by atoms with Crippen molar-refractivity contribution in [2.24, 2.45) is 5.73 Å². The maximum Gasteiger partial charge on any atom is 0.331 e. The number of benzene rings is 1. The summed E-state index contributed by atoms with van der Waals surface area (Å²) < 4.78 is 16.0. The lowest BCUT2D eigenvalue weighted by atomic mass is 10.1. The molecule has 110 valence electrons. The molecule has 0 saturated carbocycles. The van der Waals surface area contributed by atoms with Crippen LogP contribution in [0.15, 0.2) is 40.1 Å². The lowest BCUT2D eigenvalue weighted by molar-refractivity contribution is 0.597. The second kappa shape index (κ2) is 6.01. The molecule has 0 aliphatic carbocycles. The molecule has 1 aromatic carbocycles. The molecule has 0 unspecified atom stereocenters. The Kier molecular flexibility index (Phi) is 4.32. The molecule has 7 heteroatoms. The van der Waals surface area contributed by atoms with Gasteiger partial charge in [0.25, 0.3) is 5.56 Å².